The van der Waals surface area contributed by atoms with Gasteiger partial charge in [-0.1, -0.05) is 23.7 Å². The summed E-state index contributed by atoms with van der Waals surface area (Å²) >= 11 is 5.81. The van der Waals surface area contributed by atoms with E-state index in [1.807, 2.05) is 6.07 Å². The fraction of sp³-hybridized carbons (Fsp3) is 0.375. The van der Waals surface area contributed by atoms with Gasteiger partial charge in [0.15, 0.2) is 0 Å². The van der Waals surface area contributed by atoms with Crippen LogP contribution in [0.3, 0.4) is 0 Å². The number of ether oxygens (including phenoxy) is 1. The minimum Gasteiger partial charge on any atom is -0.370 e. The van der Waals surface area contributed by atoms with Crippen molar-refractivity contribution in [2.75, 3.05) is 39.4 Å². The van der Waals surface area contributed by atoms with E-state index >= 15 is 0 Å². The van der Waals surface area contributed by atoms with Gasteiger partial charge in [-0.15, -0.1) is 0 Å². The summed E-state index contributed by atoms with van der Waals surface area (Å²) in [6, 6.07) is 8.93. The third-order valence-corrected chi connectivity index (χ3v) is 3.76. The SMILES string of the molecule is N#C/C(=C\c1ccc(Cl)cc1)C(=O)NCC[NH+]1CCOCC1. The van der Waals surface area contributed by atoms with Crippen LogP contribution < -0.4 is 10.2 Å². The van der Waals surface area contributed by atoms with Crippen molar-refractivity contribution in [2.24, 2.45) is 0 Å². The number of benzene rings is 1. The van der Waals surface area contributed by atoms with Crippen LogP contribution in [0, 0.1) is 11.3 Å². The Morgan fingerprint density at radius 3 is 2.68 bits per heavy atom. The van der Waals surface area contributed by atoms with Gasteiger partial charge >= 0.3 is 0 Å². The van der Waals surface area contributed by atoms with E-state index in [1.54, 1.807) is 30.3 Å². The lowest BCUT2D eigenvalue weighted by Crippen LogP contribution is -3.14. The molecule has 1 aliphatic rings. The van der Waals surface area contributed by atoms with Crippen molar-refractivity contribution in [3.05, 3.63) is 40.4 Å². The predicted octanol–water partition coefficient (Wildman–Crippen LogP) is 0.278. The Morgan fingerprint density at radius 1 is 1.36 bits per heavy atom. The molecule has 1 amide bonds. The molecule has 0 radical (unpaired) electrons. The van der Waals surface area contributed by atoms with Gasteiger partial charge in [0.2, 0.25) is 0 Å². The topological polar surface area (TPSA) is 66.6 Å². The molecule has 0 atom stereocenters. The van der Waals surface area contributed by atoms with Crippen molar-refractivity contribution in [1.82, 2.24) is 5.32 Å². The highest BCUT2D eigenvalue weighted by Gasteiger charge is 2.14. The lowest BCUT2D eigenvalue weighted by Gasteiger charge is -2.23. The molecule has 0 bridgehead atoms. The molecular formula is C16H19ClN3O2+. The zero-order chi connectivity index (χ0) is 15.8. The smallest absolute Gasteiger partial charge is 0.262 e. The maximum Gasteiger partial charge on any atom is 0.262 e. The van der Waals surface area contributed by atoms with Gasteiger partial charge < -0.3 is 15.0 Å². The summed E-state index contributed by atoms with van der Waals surface area (Å²) < 4.78 is 5.29. The second kappa shape index (κ2) is 8.54. The van der Waals surface area contributed by atoms with Crippen LogP contribution in [0.25, 0.3) is 6.08 Å². The second-order valence-electron chi connectivity index (χ2n) is 5.09. The molecule has 2 rings (SSSR count). The Morgan fingerprint density at radius 2 is 2.05 bits per heavy atom. The van der Waals surface area contributed by atoms with E-state index in [4.69, 9.17) is 21.6 Å². The van der Waals surface area contributed by atoms with Crippen molar-refractivity contribution < 1.29 is 14.4 Å². The molecule has 0 unspecified atom stereocenters. The Bertz CT molecular complexity index is 572. The average molecular weight is 321 g/mol. The van der Waals surface area contributed by atoms with Gasteiger partial charge in [0.05, 0.1) is 26.3 Å². The number of hydrogen-bond acceptors (Lipinski definition) is 3. The molecule has 6 heteroatoms. The molecule has 2 N–H and O–H groups in total. The summed E-state index contributed by atoms with van der Waals surface area (Å²) in [4.78, 5) is 13.4. The van der Waals surface area contributed by atoms with Crippen LogP contribution in [0.15, 0.2) is 29.8 Å². The van der Waals surface area contributed by atoms with Gasteiger partial charge in [-0.25, -0.2) is 0 Å². The molecule has 5 nitrogen and oxygen atoms in total. The summed E-state index contributed by atoms with van der Waals surface area (Å²) in [6.45, 7) is 4.85. The number of quaternary nitrogens is 1. The van der Waals surface area contributed by atoms with E-state index in [1.165, 1.54) is 4.90 Å². The van der Waals surface area contributed by atoms with E-state index in [0.29, 0.717) is 11.6 Å². The summed E-state index contributed by atoms with van der Waals surface area (Å²) in [5, 5.41) is 12.5. The Balaban J connectivity index is 1.86. The molecule has 0 aliphatic carbocycles. The number of nitrogens with one attached hydrogen (secondary N) is 2. The molecule has 22 heavy (non-hydrogen) atoms. The van der Waals surface area contributed by atoms with Gasteiger partial charge in [-0.05, 0) is 23.8 Å². The molecule has 1 aromatic carbocycles. The first-order chi connectivity index (χ1) is 10.7. The molecule has 0 aromatic heterocycles. The predicted molar refractivity (Wildman–Crippen MR) is 84.4 cm³/mol. The van der Waals surface area contributed by atoms with Crippen molar-refractivity contribution in [2.45, 2.75) is 0 Å². The minimum atomic E-state index is -0.342. The number of rotatable bonds is 5. The number of halogens is 1. The normalized spacial score (nSPS) is 16.1. The first-order valence-electron chi connectivity index (χ1n) is 7.26. The lowest BCUT2D eigenvalue weighted by molar-refractivity contribution is -0.906. The summed E-state index contributed by atoms with van der Waals surface area (Å²) in [7, 11) is 0. The first-order valence-corrected chi connectivity index (χ1v) is 7.63. The molecule has 0 spiro atoms. The molecule has 1 aliphatic heterocycles. The van der Waals surface area contributed by atoms with Crippen molar-refractivity contribution in [3.63, 3.8) is 0 Å². The number of nitrogens with zero attached hydrogens (tertiary/aromatic N) is 1. The maximum atomic E-state index is 12.0. The lowest BCUT2D eigenvalue weighted by atomic mass is 10.1. The average Bonchev–Trinajstić information content (AvgIpc) is 2.55. The Labute approximate surface area is 135 Å². The standard InChI is InChI=1S/C16H18ClN3O2/c17-15-3-1-13(2-4-15)11-14(12-18)16(21)19-5-6-20-7-9-22-10-8-20/h1-4,11H,5-10H2,(H,19,21)/p+1/b14-11+. The first kappa shape index (κ1) is 16.5. The van der Waals surface area contributed by atoms with E-state index in [0.717, 1.165) is 38.4 Å². The summed E-state index contributed by atoms with van der Waals surface area (Å²) in [5.74, 6) is -0.342. The van der Waals surface area contributed by atoms with Crippen molar-refractivity contribution >= 4 is 23.6 Å². The fourth-order valence-electron chi connectivity index (χ4n) is 2.23. The zero-order valence-electron chi connectivity index (χ0n) is 12.3. The van der Waals surface area contributed by atoms with Crippen molar-refractivity contribution in [1.29, 1.82) is 5.26 Å². The van der Waals surface area contributed by atoms with Crippen LogP contribution >= 0.6 is 11.6 Å². The third kappa shape index (κ3) is 5.15. The minimum absolute atomic E-state index is 0.0966. The number of nitriles is 1. The van der Waals surface area contributed by atoms with E-state index < -0.39 is 0 Å². The largest absolute Gasteiger partial charge is 0.370 e. The van der Waals surface area contributed by atoms with Crippen LogP contribution in [0.4, 0.5) is 0 Å². The highest BCUT2D eigenvalue weighted by atomic mass is 35.5. The highest BCUT2D eigenvalue weighted by Crippen LogP contribution is 2.12. The van der Waals surface area contributed by atoms with E-state index in [9.17, 15) is 4.79 Å². The number of amides is 1. The highest BCUT2D eigenvalue weighted by molar-refractivity contribution is 6.30. The molecular weight excluding hydrogens is 302 g/mol. The third-order valence-electron chi connectivity index (χ3n) is 3.51. The van der Waals surface area contributed by atoms with Crippen LogP contribution in [-0.4, -0.2) is 45.3 Å². The van der Waals surface area contributed by atoms with Crippen LogP contribution in [0.2, 0.25) is 5.02 Å². The van der Waals surface area contributed by atoms with Crippen LogP contribution in [-0.2, 0) is 9.53 Å². The molecule has 1 fully saturated rings. The van der Waals surface area contributed by atoms with Gasteiger partial charge in [-0.3, -0.25) is 4.79 Å². The number of hydrogen-bond donors (Lipinski definition) is 2. The van der Waals surface area contributed by atoms with Gasteiger partial charge in [0.1, 0.15) is 24.7 Å². The molecule has 0 saturated carbocycles. The molecule has 1 saturated heterocycles. The zero-order valence-corrected chi connectivity index (χ0v) is 13.0. The second-order valence-corrected chi connectivity index (χ2v) is 5.53. The molecule has 1 heterocycles. The van der Waals surface area contributed by atoms with Crippen molar-refractivity contribution in [3.8, 4) is 6.07 Å². The maximum absolute atomic E-state index is 12.0. The van der Waals surface area contributed by atoms with E-state index in [2.05, 4.69) is 5.32 Å². The number of morpholine rings is 1. The number of carbonyl (C=O) groups is 1. The van der Waals surface area contributed by atoms with Crippen LogP contribution in [0.1, 0.15) is 5.56 Å². The molecule has 1 aromatic rings. The number of carbonyl (C=O) groups excluding carboxylic acids is 1. The monoisotopic (exact) mass is 320 g/mol. The Hall–Kier alpha value is -1.87. The van der Waals surface area contributed by atoms with Gasteiger partial charge in [0.25, 0.3) is 5.91 Å². The molecule has 116 valence electrons. The Kier molecular flexibility index (Phi) is 6.41. The van der Waals surface area contributed by atoms with E-state index in [-0.39, 0.29) is 11.5 Å². The van der Waals surface area contributed by atoms with Gasteiger partial charge in [-0.2, -0.15) is 5.26 Å². The summed E-state index contributed by atoms with van der Waals surface area (Å²) in [6.07, 6.45) is 1.56. The summed E-state index contributed by atoms with van der Waals surface area (Å²) in [5.41, 5.74) is 0.870. The van der Waals surface area contributed by atoms with Gasteiger partial charge in [0, 0.05) is 5.02 Å². The quantitative estimate of drug-likeness (QED) is 0.605. The van der Waals surface area contributed by atoms with Crippen LogP contribution in [0.5, 0.6) is 0 Å². The fourth-order valence-corrected chi connectivity index (χ4v) is 2.36.